The van der Waals surface area contributed by atoms with E-state index >= 15 is 0 Å². The van der Waals surface area contributed by atoms with E-state index in [9.17, 15) is 14.7 Å². The van der Waals surface area contributed by atoms with Crippen LogP contribution in [-0.4, -0.2) is 18.0 Å². The molecule has 5 heteroatoms. The second kappa shape index (κ2) is 6.81. The summed E-state index contributed by atoms with van der Waals surface area (Å²) in [6.07, 6.45) is 0.0526. The number of rotatable bonds is 5. The number of para-hydroxylation sites is 2. The quantitative estimate of drug-likeness (QED) is 0.719. The fourth-order valence-corrected chi connectivity index (χ4v) is 3.06. The predicted octanol–water partition coefficient (Wildman–Crippen LogP) is 3.62. The van der Waals surface area contributed by atoms with E-state index in [1.54, 1.807) is 48.5 Å². The van der Waals surface area contributed by atoms with Crippen LogP contribution in [0.25, 0.3) is 11.0 Å². The van der Waals surface area contributed by atoms with E-state index in [0.29, 0.717) is 22.3 Å². The molecular weight excluding hydrogens is 320 g/mol. The molecule has 1 atom stereocenters. The van der Waals surface area contributed by atoms with Crippen LogP contribution >= 0.6 is 0 Å². The van der Waals surface area contributed by atoms with Gasteiger partial charge in [0, 0.05) is 17.9 Å². The van der Waals surface area contributed by atoms with Crippen molar-refractivity contribution in [1.82, 2.24) is 0 Å². The van der Waals surface area contributed by atoms with Crippen molar-refractivity contribution in [2.24, 2.45) is 0 Å². The number of hydrogen-bond donors (Lipinski definition) is 1. The van der Waals surface area contributed by atoms with Crippen LogP contribution in [0, 0.1) is 0 Å². The van der Waals surface area contributed by atoms with Crippen LogP contribution in [-0.2, 0) is 4.79 Å². The summed E-state index contributed by atoms with van der Waals surface area (Å²) in [4.78, 5) is 24.4. The minimum Gasteiger partial charge on any atom is -0.507 e. The van der Waals surface area contributed by atoms with Crippen LogP contribution in [0.2, 0.25) is 0 Å². The van der Waals surface area contributed by atoms with Gasteiger partial charge in [0.1, 0.15) is 22.9 Å². The molecule has 0 saturated heterocycles. The number of aromatic hydroxyl groups is 1. The average Bonchev–Trinajstić information content (AvgIpc) is 2.60. The molecule has 0 radical (unpaired) electrons. The minimum absolute atomic E-state index is 0.0526. The summed E-state index contributed by atoms with van der Waals surface area (Å²) in [5, 5.41) is 11.2. The summed E-state index contributed by atoms with van der Waals surface area (Å²) in [6.45, 7) is 1.45. The molecule has 0 fully saturated rings. The second-order valence-corrected chi connectivity index (χ2v) is 5.85. The van der Waals surface area contributed by atoms with Crippen molar-refractivity contribution in [2.75, 3.05) is 7.11 Å². The number of carbonyl (C=O) groups excluding carboxylic acids is 1. The molecule has 0 saturated carbocycles. The third kappa shape index (κ3) is 3.13. The first-order valence-electron chi connectivity index (χ1n) is 7.90. The molecule has 0 aliphatic carbocycles. The monoisotopic (exact) mass is 338 g/mol. The molecule has 5 nitrogen and oxygen atoms in total. The summed E-state index contributed by atoms with van der Waals surface area (Å²) in [5.74, 6) is -0.387. The van der Waals surface area contributed by atoms with E-state index in [4.69, 9.17) is 9.15 Å². The average molecular weight is 338 g/mol. The highest BCUT2D eigenvalue weighted by atomic mass is 16.5. The van der Waals surface area contributed by atoms with Crippen LogP contribution < -0.4 is 10.4 Å². The van der Waals surface area contributed by atoms with Gasteiger partial charge in [-0.25, -0.2) is 4.79 Å². The number of ketones is 1. The van der Waals surface area contributed by atoms with E-state index < -0.39 is 11.5 Å². The zero-order valence-corrected chi connectivity index (χ0v) is 14.0. The maximum absolute atomic E-state index is 12.6. The molecule has 128 valence electrons. The highest BCUT2D eigenvalue weighted by Gasteiger charge is 2.27. The lowest BCUT2D eigenvalue weighted by Crippen LogP contribution is -2.17. The highest BCUT2D eigenvalue weighted by Crippen LogP contribution is 2.39. The zero-order chi connectivity index (χ0) is 18.0. The number of methoxy groups -OCH3 is 1. The van der Waals surface area contributed by atoms with E-state index in [2.05, 4.69) is 0 Å². The normalized spacial score (nSPS) is 12.1. The van der Waals surface area contributed by atoms with Crippen LogP contribution in [0.5, 0.6) is 11.5 Å². The molecule has 0 aliphatic rings. The van der Waals surface area contributed by atoms with Crippen molar-refractivity contribution in [1.29, 1.82) is 0 Å². The Balaban J connectivity index is 2.29. The van der Waals surface area contributed by atoms with Gasteiger partial charge >= 0.3 is 5.63 Å². The third-order valence-electron chi connectivity index (χ3n) is 4.17. The number of benzene rings is 2. The Hall–Kier alpha value is -3.08. The van der Waals surface area contributed by atoms with Crippen LogP contribution in [0.1, 0.15) is 30.4 Å². The molecule has 0 unspecified atom stereocenters. The molecule has 1 aromatic heterocycles. The fourth-order valence-electron chi connectivity index (χ4n) is 3.06. The second-order valence-electron chi connectivity index (χ2n) is 5.85. The Bertz CT molecular complexity index is 987. The first-order valence-corrected chi connectivity index (χ1v) is 7.90. The van der Waals surface area contributed by atoms with Gasteiger partial charge in [0.05, 0.1) is 18.1 Å². The Labute approximate surface area is 144 Å². The van der Waals surface area contributed by atoms with Crippen molar-refractivity contribution in [2.45, 2.75) is 19.3 Å². The van der Waals surface area contributed by atoms with Crippen molar-refractivity contribution < 1.29 is 19.1 Å². The Kier molecular flexibility index (Phi) is 4.57. The van der Waals surface area contributed by atoms with Gasteiger partial charge in [-0.2, -0.15) is 0 Å². The van der Waals surface area contributed by atoms with E-state index in [1.807, 2.05) is 0 Å². The summed E-state index contributed by atoms with van der Waals surface area (Å²) in [7, 11) is 1.52. The first-order chi connectivity index (χ1) is 12.0. The number of hydrogen-bond acceptors (Lipinski definition) is 5. The molecule has 0 aliphatic heterocycles. The smallest absolute Gasteiger partial charge is 0.343 e. The first kappa shape index (κ1) is 16.8. The molecule has 0 bridgehead atoms. The van der Waals surface area contributed by atoms with E-state index in [-0.39, 0.29) is 23.5 Å². The molecular formula is C20H18O5. The number of ether oxygens (including phenoxy) is 1. The summed E-state index contributed by atoms with van der Waals surface area (Å²) < 4.78 is 10.7. The van der Waals surface area contributed by atoms with Crippen LogP contribution in [0.15, 0.2) is 57.7 Å². The largest absolute Gasteiger partial charge is 0.507 e. The minimum atomic E-state index is -0.659. The molecule has 0 spiro atoms. The zero-order valence-electron chi connectivity index (χ0n) is 14.0. The van der Waals surface area contributed by atoms with Gasteiger partial charge in [-0.15, -0.1) is 0 Å². The molecule has 3 rings (SSSR count). The Morgan fingerprint density at radius 2 is 1.84 bits per heavy atom. The molecule has 1 heterocycles. The van der Waals surface area contributed by atoms with E-state index in [0.717, 1.165) is 0 Å². The summed E-state index contributed by atoms with van der Waals surface area (Å²) >= 11 is 0. The van der Waals surface area contributed by atoms with Crippen molar-refractivity contribution in [3.05, 3.63) is 70.1 Å². The number of Topliss-reactive ketones (excluding diaryl/α,β-unsaturated/α-hetero) is 1. The van der Waals surface area contributed by atoms with Crippen LogP contribution in [0.3, 0.4) is 0 Å². The Morgan fingerprint density at radius 1 is 1.16 bits per heavy atom. The Morgan fingerprint density at radius 3 is 2.56 bits per heavy atom. The lowest BCUT2D eigenvalue weighted by molar-refractivity contribution is -0.117. The standard InChI is InChI=1S/C20H18O5/c1-12(21)11-15(13-7-3-5-9-16(13)24-2)18-19(22)14-8-4-6-10-17(14)25-20(18)23/h3-10,15,22H,11H2,1-2H3/t15-/m0/s1. The van der Waals surface area contributed by atoms with E-state index in [1.165, 1.54) is 14.0 Å². The van der Waals surface area contributed by atoms with Gasteiger partial charge in [0.15, 0.2) is 0 Å². The van der Waals surface area contributed by atoms with Gasteiger partial charge in [0.2, 0.25) is 0 Å². The molecule has 2 aromatic carbocycles. The van der Waals surface area contributed by atoms with Gasteiger partial charge in [-0.3, -0.25) is 4.79 Å². The number of fused-ring (bicyclic) bond motifs is 1. The van der Waals surface area contributed by atoms with Crippen molar-refractivity contribution >= 4 is 16.8 Å². The van der Waals surface area contributed by atoms with Gasteiger partial charge < -0.3 is 14.3 Å². The predicted molar refractivity (Wildman–Crippen MR) is 94.3 cm³/mol. The van der Waals surface area contributed by atoms with Gasteiger partial charge in [0.25, 0.3) is 0 Å². The lowest BCUT2D eigenvalue weighted by Gasteiger charge is -2.19. The third-order valence-corrected chi connectivity index (χ3v) is 4.17. The van der Waals surface area contributed by atoms with Gasteiger partial charge in [-0.05, 0) is 25.1 Å². The van der Waals surface area contributed by atoms with Gasteiger partial charge in [-0.1, -0.05) is 30.3 Å². The SMILES string of the molecule is COc1ccccc1[C@H](CC(C)=O)c1c(O)c2ccccc2oc1=O. The molecule has 3 aromatic rings. The molecule has 0 amide bonds. The maximum atomic E-state index is 12.6. The maximum Gasteiger partial charge on any atom is 0.343 e. The number of carbonyl (C=O) groups is 1. The molecule has 1 N–H and O–H groups in total. The lowest BCUT2D eigenvalue weighted by atomic mass is 9.86. The summed E-state index contributed by atoms with van der Waals surface area (Å²) in [5.41, 5.74) is 0.361. The fraction of sp³-hybridized carbons (Fsp3) is 0.200. The molecule has 25 heavy (non-hydrogen) atoms. The summed E-state index contributed by atoms with van der Waals surface area (Å²) in [6, 6.07) is 13.9. The topological polar surface area (TPSA) is 76.7 Å². The van der Waals surface area contributed by atoms with Crippen LogP contribution in [0.4, 0.5) is 0 Å². The highest BCUT2D eigenvalue weighted by molar-refractivity contribution is 5.85. The van der Waals surface area contributed by atoms with Crippen molar-refractivity contribution in [3.8, 4) is 11.5 Å². The van der Waals surface area contributed by atoms with Crippen molar-refractivity contribution in [3.63, 3.8) is 0 Å².